The predicted molar refractivity (Wildman–Crippen MR) is 133 cm³/mol. The summed E-state index contributed by atoms with van der Waals surface area (Å²) in [5.41, 5.74) is 2.33. The summed E-state index contributed by atoms with van der Waals surface area (Å²) in [5, 5.41) is 0. The minimum absolute atomic E-state index is 0.307. The molecule has 1 unspecified atom stereocenters. The van der Waals surface area contributed by atoms with Gasteiger partial charge in [0.1, 0.15) is 12.2 Å². The van der Waals surface area contributed by atoms with Crippen LogP contribution in [0.2, 0.25) is 33.2 Å². The second kappa shape index (κ2) is 11.8. The van der Waals surface area contributed by atoms with Crippen LogP contribution in [0.25, 0.3) is 0 Å². The Bertz CT molecular complexity index is 502. The van der Waals surface area contributed by atoms with Crippen LogP contribution in [0, 0.1) is 0 Å². The van der Waals surface area contributed by atoms with E-state index in [4.69, 9.17) is 29.7 Å². The number of rotatable bonds is 12. The normalized spacial score (nSPS) is 25.9. The van der Waals surface area contributed by atoms with Crippen LogP contribution in [0.15, 0.2) is 0 Å². The van der Waals surface area contributed by atoms with Crippen molar-refractivity contribution in [3.8, 4) is 0 Å². The summed E-state index contributed by atoms with van der Waals surface area (Å²) >= 11 is 5.59. The summed E-state index contributed by atoms with van der Waals surface area (Å²) in [6.45, 7) is 27.0. The third kappa shape index (κ3) is 5.77. The molecule has 1 aliphatic rings. The van der Waals surface area contributed by atoms with Crippen LogP contribution in [0.3, 0.4) is 0 Å². The van der Waals surface area contributed by atoms with Gasteiger partial charge in [-0.2, -0.15) is 0 Å². The second-order valence-electron chi connectivity index (χ2n) is 11.1. The Balaban J connectivity index is 3.26. The molecule has 0 saturated carbocycles. The van der Waals surface area contributed by atoms with E-state index in [2.05, 4.69) is 83.1 Å². The van der Waals surface area contributed by atoms with E-state index in [-0.39, 0.29) is 0 Å². The highest BCUT2D eigenvalue weighted by molar-refractivity contribution is 6.78. The first-order valence-electron chi connectivity index (χ1n) is 12.1. The summed E-state index contributed by atoms with van der Waals surface area (Å²) in [5.74, 6) is 0. The lowest BCUT2D eigenvalue weighted by Gasteiger charge is -2.46. The quantitative estimate of drug-likeness (QED) is 0.255. The zero-order valence-corrected chi connectivity index (χ0v) is 24.6. The summed E-state index contributed by atoms with van der Waals surface area (Å²) in [4.78, 5) is 0. The predicted octanol–water partition coefficient (Wildman–Crippen LogP) is 7.97. The Morgan fingerprint density at radius 3 is 1.45 bits per heavy atom. The Morgan fingerprint density at radius 2 is 1.13 bits per heavy atom. The van der Waals surface area contributed by atoms with Crippen LogP contribution in [0.4, 0.5) is 4.39 Å². The molecule has 1 rings (SSSR count). The van der Waals surface area contributed by atoms with Gasteiger partial charge in [-0.1, -0.05) is 83.1 Å². The van der Waals surface area contributed by atoms with Crippen molar-refractivity contribution in [3.63, 3.8) is 0 Å². The highest BCUT2D eigenvalue weighted by Crippen LogP contribution is 2.46. The number of alkyl halides is 1. The van der Waals surface area contributed by atoms with E-state index in [0.29, 0.717) is 39.9 Å². The van der Waals surface area contributed by atoms with Crippen LogP contribution in [-0.4, -0.2) is 47.9 Å². The van der Waals surface area contributed by atoms with E-state index in [9.17, 15) is 0 Å². The molecule has 4 atom stereocenters. The monoisotopic (exact) mass is 498 g/mol. The van der Waals surface area contributed by atoms with Crippen LogP contribution in [-0.2, 0) is 17.9 Å². The molecule has 31 heavy (non-hydrogen) atoms. The Morgan fingerprint density at radius 1 is 0.742 bits per heavy atom. The molecule has 1 saturated heterocycles. The fourth-order valence-corrected chi connectivity index (χ4v) is 17.6. The van der Waals surface area contributed by atoms with Crippen LogP contribution < -0.4 is 0 Å². The maximum atomic E-state index is 15.4. The van der Waals surface area contributed by atoms with E-state index in [0.717, 1.165) is 0 Å². The molecule has 1 heterocycles. The van der Waals surface area contributed by atoms with Gasteiger partial charge in [0.15, 0.2) is 14.5 Å². The number of hydrogen-bond acceptors (Lipinski definition) is 4. The lowest BCUT2D eigenvalue weighted by Crippen LogP contribution is -2.55. The Hall–Kier alpha value is 0.494. The number of halogens is 2. The maximum Gasteiger partial charge on any atom is 0.211 e. The molecular weight excluding hydrogens is 451 g/mol. The summed E-state index contributed by atoms with van der Waals surface area (Å²) in [7, 11) is -4.45. The highest BCUT2D eigenvalue weighted by atomic mass is 35.5. The molecule has 186 valence electrons. The van der Waals surface area contributed by atoms with Gasteiger partial charge < -0.3 is 13.6 Å². The smallest absolute Gasteiger partial charge is 0.211 e. The molecule has 1 fully saturated rings. The van der Waals surface area contributed by atoms with E-state index >= 15 is 4.39 Å². The van der Waals surface area contributed by atoms with Crippen molar-refractivity contribution in [2.24, 2.45) is 0 Å². The fraction of sp³-hybridized carbons (Fsp3) is 1.00. The maximum absolute atomic E-state index is 15.4. The molecular formula is C23H48ClFO4Si2. The van der Waals surface area contributed by atoms with E-state index < -0.39 is 41.3 Å². The van der Waals surface area contributed by atoms with Gasteiger partial charge in [0, 0.05) is 0 Å². The minimum Gasteiger partial charge on any atom is -0.413 e. The summed E-state index contributed by atoms with van der Waals surface area (Å²) < 4.78 is 39.8. The highest BCUT2D eigenvalue weighted by Gasteiger charge is 2.55. The Labute approximate surface area is 198 Å². The zero-order chi connectivity index (χ0) is 24.3. The van der Waals surface area contributed by atoms with E-state index in [1.54, 1.807) is 0 Å². The van der Waals surface area contributed by atoms with Gasteiger partial charge in [-0.25, -0.2) is 8.68 Å². The van der Waals surface area contributed by atoms with Gasteiger partial charge in [-0.05, 0) is 33.2 Å². The average molecular weight is 499 g/mol. The molecule has 4 nitrogen and oxygen atoms in total. The van der Waals surface area contributed by atoms with Gasteiger partial charge >= 0.3 is 0 Å². The second-order valence-corrected chi connectivity index (χ2v) is 22.2. The molecule has 0 amide bonds. The van der Waals surface area contributed by atoms with Crippen molar-refractivity contribution in [2.45, 2.75) is 141 Å². The third-order valence-electron chi connectivity index (χ3n) is 7.59. The third-order valence-corrected chi connectivity index (χ3v) is 19.9. The van der Waals surface area contributed by atoms with Gasteiger partial charge in [0.25, 0.3) is 0 Å². The lowest BCUT2D eigenvalue weighted by atomic mass is 10.2. The van der Waals surface area contributed by atoms with Gasteiger partial charge in [0.05, 0.1) is 18.5 Å². The number of hydrogen-bond donors (Lipinski definition) is 0. The largest absolute Gasteiger partial charge is 0.413 e. The first-order chi connectivity index (χ1) is 14.2. The fourth-order valence-electron chi connectivity index (χ4n) is 6.40. The molecule has 8 heteroatoms. The summed E-state index contributed by atoms with van der Waals surface area (Å²) in [6, 6.07) is 0. The van der Waals surface area contributed by atoms with Gasteiger partial charge in [-0.15, -0.1) is 0 Å². The molecule has 0 spiro atoms. The van der Waals surface area contributed by atoms with Crippen molar-refractivity contribution in [3.05, 3.63) is 0 Å². The molecule has 0 N–H and O–H groups in total. The topological polar surface area (TPSA) is 36.9 Å². The lowest BCUT2D eigenvalue weighted by molar-refractivity contribution is -0.100. The van der Waals surface area contributed by atoms with Crippen LogP contribution in [0.5, 0.6) is 0 Å². The molecule has 0 bridgehead atoms. The number of ether oxygens (including phenoxy) is 1. The SMILES string of the molecule is CC(C)[Si](OC[C@H]1OC(OCl)[C@@H](F)[C@@H]1O[Si](C(C)C)(C(C)C)C(C)C)(C(C)C)C(C)C. The van der Waals surface area contributed by atoms with Crippen LogP contribution in [0.1, 0.15) is 83.1 Å². The van der Waals surface area contributed by atoms with Crippen molar-refractivity contribution >= 4 is 28.5 Å². The Kier molecular flexibility index (Phi) is 11.2. The molecule has 0 aromatic carbocycles. The van der Waals surface area contributed by atoms with Gasteiger partial charge in [0.2, 0.25) is 14.6 Å². The minimum atomic E-state index is -2.32. The van der Waals surface area contributed by atoms with E-state index in [1.807, 2.05) is 0 Å². The van der Waals surface area contributed by atoms with E-state index in [1.165, 1.54) is 0 Å². The van der Waals surface area contributed by atoms with Crippen molar-refractivity contribution in [1.29, 1.82) is 0 Å². The molecule has 1 aliphatic heterocycles. The molecule has 0 aromatic rings. The zero-order valence-electron chi connectivity index (χ0n) is 21.9. The molecule has 0 radical (unpaired) electrons. The van der Waals surface area contributed by atoms with Crippen molar-refractivity contribution < 1.29 is 22.3 Å². The summed E-state index contributed by atoms with van der Waals surface area (Å²) in [6.07, 6.45) is -3.85. The average Bonchev–Trinajstić information content (AvgIpc) is 2.93. The standard InChI is InChI=1S/C23H48ClFO4Si2/c1-14(2)30(15(3)4,16(5)6)26-13-20-22(21(25)23(27-20)28-24)29-31(17(7)8,18(9)10)19(11)12/h14-23H,13H2,1-12H3/t20-,21+,22-,23?/m1/s1. The molecule has 0 aromatic heterocycles. The first kappa shape index (κ1) is 29.5. The molecule has 0 aliphatic carbocycles. The van der Waals surface area contributed by atoms with Crippen molar-refractivity contribution in [1.82, 2.24) is 0 Å². The van der Waals surface area contributed by atoms with Gasteiger partial charge in [-0.3, -0.25) is 0 Å². The van der Waals surface area contributed by atoms with Crippen LogP contribution >= 0.6 is 11.9 Å². The van der Waals surface area contributed by atoms with Crippen molar-refractivity contribution in [2.75, 3.05) is 6.61 Å². The first-order valence-corrected chi connectivity index (χ1v) is 16.7.